The Kier molecular flexibility index (Phi) is 3.67. The van der Waals surface area contributed by atoms with E-state index in [2.05, 4.69) is 16.9 Å². The van der Waals surface area contributed by atoms with Crippen molar-refractivity contribution in [1.29, 1.82) is 0 Å². The van der Waals surface area contributed by atoms with Crippen LogP contribution in [0.5, 0.6) is 0 Å². The van der Waals surface area contributed by atoms with Crippen molar-refractivity contribution in [2.45, 2.75) is 6.54 Å². The molecule has 2 N–H and O–H groups in total. The number of hydrogen-bond donors (Lipinski definition) is 1. The molecule has 0 unspecified atom stereocenters. The average Bonchev–Trinajstić information content (AvgIpc) is 2.48. The lowest BCUT2D eigenvalue weighted by molar-refractivity contribution is 0.927. The molecular formula is C17H16ClN3. The van der Waals surface area contributed by atoms with E-state index in [-0.39, 0.29) is 0 Å². The summed E-state index contributed by atoms with van der Waals surface area (Å²) >= 11 is 6.03. The second-order valence-electron chi connectivity index (χ2n) is 5.09. The number of aromatic nitrogens is 1. The molecule has 0 radical (unpaired) electrons. The molecule has 3 nitrogen and oxygen atoms in total. The number of hydrogen-bond acceptors (Lipinski definition) is 3. The number of benzene rings is 2. The Morgan fingerprint density at radius 2 is 1.86 bits per heavy atom. The van der Waals surface area contributed by atoms with Crippen molar-refractivity contribution in [1.82, 2.24) is 4.98 Å². The van der Waals surface area contributed by atoms with Gasteiger partial charge < -0.3 is 10.6 Å². The van der Waals surface area contributed by atoms with E-state index in [9.17, 15) is 0 Å². The number of nitrogens with two attached hydrogens (primary N) is 1. The van der Waals surface area contributed by atoms with Crippen LogP contribution in [0.15, 0.2) is 54.7 Å². The minimum absolute atomic E-state index is 0.702. The molecule has 21 heavy (non-hydrogen) atoms. The van der Waals surface area contributed by atoms with Crippen LogP contribution in [0.3, 0.4) is 0 Å². The summed E-state index contributed by atoms with van der Waals surface area (Å²) in [7, 11) is 2.07. The molecule has 0 amide bonds. The summed E-state index contributed by atoms with van der Waals surface area (Å²) in [4.78, 5) is 6.57. The largest absolute Gasteiger partial charge is 0.399 e. The first-order valence-electron chi connectivity index (χ1n) is 6.73. The Hall–Kier alpha value is -2.26. The maximum Gasteiger partial charge on any atom is 0.0737 e. The molecule has 106 valence electrons. The minimum Gasteiger partial charge on any atom is -0.399 e. The number of nitrogens with zero attached hydrogens (tertiary/aromatic N) is 2. The predicted molar refractivity (Wildman–Crippen MR) is 89.7 cm³/mol. The van der Waals surface area contributed by atoms with E-state index in [0.29, 0.717) is 5.02 Å². The standard InChI is InChI=1S/C17H16ClN3/c1-21(11-12-2-5-14(19)6-3-12)17-8-9-20-16-10-13(18)4-7-15(16)17/h2-10H,11,19H2,1H3. The molecule has 3 aromatic rings. The summed E-state index contributed by atoms with van der Waals surface area (Å²) in [6.45, 7) is 0.808. The number of anilines is 2. The Balaban J connectivity index is 1.94. The lowest BCUT2D eigenvalue weighted by Gasteiger charge is -2.21. The number of rotatable bonds is 3. The van der Waals surface area contributed by atoms with Crippen molar-refractivity contribution in [2.75, 3.05) is 17.7 Å². The maximum atomic E-state index is 6.03. The molecule has 0 bridgehead atoms. The topological polar surface area (TPSA) is 42.1 Å². The van der Waals surface area contributed by atoms with Gasteiger partial charge in [0.15, 0.2) is 0 Å². The van der Waals surface area contributed by atoms with E-state index in [0.717, 1.165) is 28.8 Å². The van der Waals surface area contributed by atoms with E-state index >= 15 is 0 Å². The highest BCUT2D eigenvalue weighted by molar-refractivity contribution is 6.31. The van der Waals surface area contributed by atoms with Crippen LogP contribution in [0.1, 0.15) is 5.56 Å². The third-order valence-corrected chi connectivity index (χ3v) is 3.73. The SMILES string of the molecule is CN(Cc1ccc(N)cc1)c1ccnc2cc(Cl)ccc12. The molecule has 3 rings (SSSR count). The Morgan fingerprint density at radius 1 is 1.10 bits per heavy atom. The lowest BCUT2D eigenvalue weighted by Crippen LogP contribution is -2.16. The van der Waals surface area contributed by atoms with Crippen LogP contribution in [0.25, 0.3) is 10.9 Å². The second-order valence-corrected chi connectivity index (χ2v) is 5.53. The third-order valence-electron chi connectivity index (χ3n) is 3.49. The van der Waals surface area contributed by atoms with Gasteiger partial charge in [-0.15, -0.1) is 0 Å². The summed E-state index contributed by atoms with van der Waals surface area (Å²) < 4.78 is 0. The lowest BCUT2D eigenvalue weighted by atomic mass is 10.1. The summed E-state index contributed by atoms with van der Waals surface area (Å²) in [6, 6.07) is 15.8. The normalized spacial score (nSPS) is 10.8. The zero-order chi connectivity index (χ0) is 14.8. The van der Waals surface area contributed by atoms with Gasteiger partial charge >= 0.3 is 0 Å². The number of fused-ring (bicyclic) bond motifs is 1. The number of halogens is 1. The maximum absolute atomic E-state index is 6.03. The molecule has 0 aliphatic rings. The van der Waals surface area contributed by atoms with Gasteiger partial charge in [0.05, 0.1) is 5.52 Å². The van der Waals surface area contributed by atoms with Crippen molar-refractivity contribution in [2.24, 2.45) is 0 Å². The van der Waals surface area contributed by atoms with Crippen LogP contribution in [0, 0.1) is 0 Å². The molecule has 0 aliphatic heterocycles. The smallest absolute Gasteiger partial charge is 0.0737 e. The molecule has 0 atom stereocenters. The highest BCUT2D eigenvalue weighted by Crippen LogP contribution is 2.27. The second kappa shape index (κ2) is 5.62. The first kappa shape index (κ1) is 13.7. The highest BCUT2D eigenvalue weighted by Gasteiger charge is 2.08. The molecule has 1 heterocycles. The van der Waals surface area contributed by atoms with Crippen LogP contribution in [0.4, 0.5) is 11.4 Å². The number of pyridine rings is 1. The first-order valence-corrected chi connectivity index (χ1v) is 7.11. The van der Waals surface area contributed by atoms with Gasteiger partial charge in [0.25, 0.3) is 0 Å². The van der Waals surface area contributed by atoms with E-state index in [4.69, 9.17) is 17.3 Å². The molecule has 2 aromatic carbocycles. The van der Waals surface area contributed by atoms with Crippen LogP contribution in [-0.4, -0.2) is 12.0 Å². The predicted octanol–water partition coefficient (Wildman–Crippen LogP) is 4.11. The Morgan fingerprint density at radius 3 is 2.62 bits per heavy atom. The van der Waals surface area contributed by atoms with Crippen molar-refractivity contribution in [3.05, 3.63) is 65.3 Å². The Labute approximate surface area is 129 Å². The highest BCUT2D eigenvalue weighted by atomic mass is 35.5. The van der Waals surface area contributed by atoms with Gasteiger partial charge in [-0.2, -0.15) is 0 Å². The molecular weight excluding hydrogens is 282 g/mol. The molecule has 1 aromatic heterocycles. The monoisotopic (exact) mass is 297 g/mol. The minimum atomic E-state index is 0.702. The Bertz CT molecular complexity index is 769. The van der Waals surface area contributed by atoms with Gasteiger partial charge in [-0.1, -0.05) is 23.7 Å². The molecule has 0 saturated heterocycles. The fraction of sp³-hybridized carbons (Fsp3) is 0.118. The summed E-state index contributed by atoms with van der Waals surface area (Å²) in [5.41, 5.74) is 9.76. The quantitative estimate of drug-likeness (QED) is 0.740. The van der Waals surface area contributed by atoms with Gasteiger partial charge in [-0.05, 0) is 42.0 Å². The fourth-order valence-electron chi connectivity index (χ4n) is 2.42. The molecule has 0 saturated carbocycles. The van der Waals surface area contributed by atoms with Gasteiger partial charge in [0, 0.05) is 41.6 Å². The van der Waals surface area contributed by atoms with Crippen molar-refractivity contribution in [3.63, 3.8) is 0 Å². The summed E-state index contributed by atoms with van der Waals surface area (Å²) in [6.07, 6.45) is 1.81. The fourth-order valence-corrected chi connectivity index (χ4v) is 2.59. The van der Waals surface area contributed by atoms with Gasteiger partial charge in [-0.3, -0.25) is 4.98 Å². The van der Waals surface area contributed by atoms with Gasteiger partial charge in [0.1, 0.15) is 0 Å². The first-order chi connectivity index (χ1) is 10.1. The zero-order valence-electron chi connectivity index (χ0n) is 11.8. The van der Waals surface area contributed by atoms with Crippen LogP contribution in [-0.2, 0) is 6.54 Å². The van der Waals surface area contributed by atoms with Crippen LogP contribution >= 0.6 is 11.6 Å². The molecule has 4 heteroatoms. The average molecular weight is 298 g/mol. The van der Waals surface area contributed by atoms with Crippen molar-refractivity contribution >= 4 is 33.9 Å². The molecule has 0 aliphatic carbocycles. The van der Waals surface area contributed by atoms with Crippen LogP contribution < -0.4 is 10.6 Å². The van der Waals surface area contributed by atoms with Gasteiger partial charge in [-0.25, -0.2) is 0 Å². The number of nitrogen functional groups attached to an aromatic ring is 1. The molecule has 0 fully saturated rings. The van der Waals surface area contributed by atoms with E-state index in [1.165, 1.54) is 5.56 Å². The van der Waals surface area contributed by atoms with Crippen molar-refractivity contribution in [3.8, 4) is 0 Å². The summed E-state index contributed by atoms with van der Waals surface area (Å²) in [5.74, 6) is 0. The third kappa shape index (κ3) is 2.93. The van der Waals surface area contributed by atoms with E-state index in [1.807, 2.05) is 54.7 Å². The molecule has 0 spiro atoms. The van der Waals surface area contributed by atoms with Gasteiger partial charge in [0.2, 0.25) is 0 Å². The van der Waals surface area contributed by atoms with E-state index < -0.39 is 0 Å². The summed E-state index contributed by atoms with van der Waals surface area (Å²) in [5, 5.41) is 1.80. The van der Waals surface area contributed by atoms with E-state index in [1.54, 1.807) is 0 Å². The van der Waals surface area contributed by atoms with Crippen LogP contribution in [0.2, 0.25) is 5.02 Å². The zero-order valence-corrected chi connectivity index (χ0v) is 12.5. The van der Waals surface area contributed by atoms with Crippen molar-refractivity contribution < 1.29 is 0 Å².